The lowest BCUT2D eigenvalue weighted by Crippen LogP contribution is -2.45. The SMILES string of the molecule is CC1(c2ccccc2)CCN(C(=O)Nc2ccc3c(c2)S(=O)(=O)CC3)CC1. The van der Waals surface area contributed by atoms with Gasteiger partial charge in [0.05, 0.1) is 10.6 Å². The van der Waals surface area contributed by atoms with Crippen LogP contribution in [0.3, 0.4) is 0 Å². The predicted molar refractivity (Wildman–Crippen MR) is 106 cm³/mol. The van der Waals surface area contributed by atoms with Crippen molar-refractivity contribution in [2.75, 3.05) is 24.2 Å². The number of carbonyl (C=O) groups is 1. The molecule has 0 spiro atoms. The van der Waals surface area contributed by atoms with Crippen LogP contribution in [0.2, 0.25) is 0 Å². The van der Waals surface area contributed by atoms with Gasteiger partial charge in [0.2, 0.25) is 0 Å². The molecule has 0 saturated carbocycles. The molecule has 2 heterocycles. The highest BCUT2D eigenvalue weighted by atomic mass is 32.2. The fourth-order valence-electron chi connectivity index (χ4n) is 4.02. The Morgan fingerprint density at radius 2 is 1.78 bits per heavy atom. The van der Waals surface area contributed by atoms with E-state index in [2.05, 4.69) is 36.5 Å². The monoisotopic (exact) mass is 384 g/mol. The van der Waals surface area contributed by atoms with Crippen molar-refractivity contribution in [2.45, 2.75) is 36.5 Å². The second kappa shape index (κ2) is 6.68. The maximum absolute atomic E-state index is 12.6. The summed E-state index contributed by atoms with van der Waals surface area (Å²) in [4.78, 5) is 14.8. The Kier molecular flexibility index (Phi) is 4.46. The molecule has 2 aliphatic heterocycles. The zero-order valence-corrected chi connectivity index (χ0v) is 16.3. The maximum atomic E-state index is 12.6. The van der Waals surface area contributed by atoms with Crippen LogP contribution in [-0.4, -0.2) is 38.2 Å². The van der Waals surface area contributed by atoms with E-state index in [1.54, 1.807) is 18.2 Å². The molecule has 0 bridgehead atoms. The van der Waals surface area contributed by atoms with Gasteiger partial charge in [0.15, 0.2) is 9.84 Å². The number of likely N-dealkylation sites (tertiary alicyclic amines) is 1. The van der Waals surface area contributed by atoms with Crippen LogP contribution < -0.4 is 5.32 Å². The van der Waals surface area contributed by atoms with Crippen LogP contribution in [0.1, 0.15) is 30.9 Å². The third-order valence-electron chi connectivity index (χ3n) is 5.92. The van der Waals surface area contributed by atoms with Crippen LogP contribution in [0, 0.1) is 0 Å². The average Bonchev–Trinajstić information content (AvgIpc) is 2.97. The number of nitrogens with one attached hydrogen (secondary N) is 1. The fourth-order valence-corrected chi connectivity index (χ4v) is 5.60. The first kappa shape index (κ1) is 18.0. The van der Waals surface area contributed by atoms with Gasteiger partial charge in [0.25, 0.3) is 0 Å². The number of rotatable bonds is 2. The summed E-state index contributed by atoms with van der Waals surface area (Å²) in [6, 6.07) is 15.5. The standard InChI is InChI=1S/C21H24N2O3S/c1-21(17-5-3-2-4-6-17)10-12-23(13-11-21)20(24)22-18-8-7-16-9-14-27(25,26)19(16)15-18/h2-8,15H,9-14H2,1H3,(H,22,24). The number of urea groups is 1. The first-order valence-electron chi connectivity index (χ1n) is 9.35. The minimum atomic E-state index is -3.20. The van der Waals surface area contributed by atoms with Crippen LogP contribution in [-0.2, 0) is 21.7 Å². The molecule has 5 nitrogen and oxygen atoms in total. The average molecular weight is 385 g/mol. The van der Waals surface area contributed by atoms with Gasteiger partial charge in [-0.05, 0) is 47.9 Å². The summed E-state index contributed by atoms with van der Waals surface area (Å²) < 4.78 is 24.2. The van der Waals surface area contributed by atoms with Crippen LogP contribution in [0.25, 0.3) is 0 Å². The number of piperidine rings is 1. The number of aryl methyl sites for hydroxylation is 1. The van der Waals surface area contributed by atoms with Crippen molar-refractivity contribution >= 4 is 21.6 Å². The second-order valence-electron chi connectivity index (χ2n) is 7.74. The number of nitrogens with zero attached hydrogens (tertiary/aromatic N) is 1. The number of carbonyl (C=O) groups excluding carboxylic acids is 1. The quantitative estimate of drug-likeness (QED) is 0.860. The van der Waals surface area contributed by atoms with Gasteiger partial charge in [0, 0.05) is 18.8 Å². The molecule has 4 rings (SSSR count). The van der Waals surface area contributed by atoms with Crippen LogP contribution in [0.4, 0.5) is 10.5 Å². The Morgan fingerprint density at radius 1 is 1.07 bits per heavy atom. The van der Waals surface area contributed by atoms with E-state index in [9.17, 15) is 13.2 Å². The number of fused-ring (bicyclic) bond motifs is 1. The number of hydrogen-bond acceptors (Lipinski definition) is 3. The van der Waals surface area contributed by atoms with Gasteiger partial charge in [0.1, 0.15) is 0 Å². The summed E-state index contributed by atoms with van der Waals surface area (Å²) in [6.07, 6.45) is 2.36. The van der Waals surface area contributed by atoms with Crippen LogP contribution >= 0.6 is 0 Å². The summed E-state index contributed by atoms with van der Waals surface area (Å²) in [6.45, 7) is 3.61. The Morgan fingerprint density at radius 3 is 2.48 bits per heavy atom. The van der Waals surface area contributed by atoms with Gasteiger partial charge in [-0.3, -0.25) is 0 Å². The molecule has 2 aliphatic rings. The Labute approximate surface area is 160 Å². The Bertz CT molecular complexity index is 962. The van der Waals surface area contributed by atoms with Gasteiger partial charge in [-0.2, -0.15) is 0 Å². The first-order valence-corrected chi connectivity index (χ1v) is 11.0. The van der Waals surface area contributed by atoms with Gasteiger partial charge < -0.3 is 10.2 Å². The fraction of sp³-hybridized carbons (Fsp3) is 0.381. The molecule has 1 fully saturated rings. The highest BCUT2D eigenvalue weighted by Gasteiger charge is 2.33. The Hall–Kier alpha value is -2.34. The molecule has 0 aromatic heterocycles. The highest BCUT2D eigenvalue weighted by Crippen LogP contribution is 2.35. The van der Waals surface area contributed by atoms with E-state index in [0.717, 1.165) is 18.4 Å². The Balaban J connectivity index is 1.42. The molecule has 6 heteroatoms. The van der Waals surface area contributed by atoms with Gasteiger partial charge >= 0.3 is 6.03 Å². The number of anilines is 1. The van der Waals surface area contributed by atoms with Gasteiger partial charge in [-0.25, -0.2) is 13.2 Å². The summed E-state index contributed by atoms with van der Waals surface area (Å²) >= 11 is 0. The van der Waals surface area contributed by atoms with Crippen molar-refractivity contribution in [3.05, 3.63) is 59.7 Å². The van der Waals surface area contributed by atoms with E-state index in [0.29, 0.717) is 30.1 Å². The van der Waals surface area contributed by atoms with E-state index in [-0.39, 0.29) is 17.2 Å². The van der Waals surface area contributed by atoms with Crippen molar-refractivity contribution in [3.63, 3.8) is 0 Å². The zero-order valence-electron chi connectivity index (χ0n) is 15.4. The summed E-state index contributed by atoms with van der Waals surface area (Å²) in [5, 5.41) is 2.87. The number of sulfone groups is 1. The van der Waals surface area contributed by atoms with E-state index in [1.165, 1.54) is 5.56 Å². The lowest BCUT2D eigenvalue weighted by Gasteiger charge is -2.39. The molecule has 0 aliphatic carbocycles. The van der Waals surface area contributed by atoms with Crippen molar-refractivity contribution < 1.29 is 13.2 Å². The van der Waals surface area contributed by atoms with E-state index in [4.69, 9.17) is 0 Å². The summed E-state index contributed by atoms with van der Waals surface area (Å²) in [5.74, 6) is 0.157. The number of benzene rings is 2. The first-order chi connectivity index (χ1) is 12.9. The van der Waals surface area contributed by atoms with Gasteiger partial charge in [-0.15, -0.1) is 0 Å². The number of hydrogen-bond donors (Lipinski definition) is 1. The maximum Gasteiger partial charge on any atom is 0.321 e. The third-order valence-corrected chi connectivity index (χ3v) is 7.71. The van der Waals surface area contributed by atoms with Crippen LogP contribution in [0.15, 0.2) is 53.4 Å². The third kappa shape index (κ3) is 3.46. The predicted octanol–water partition coefficient (Wildman–Crippen LogP) is 3.60. The molecule has 142 valence electrons. The summed E-state index contributed by atoms with van der Waals surface area (Å²) in [5.41, 5.74) is 2.78. The molecular weight excluding hydrogens is 360 g/mol. The lowest BCUT2D eigenvalue weighted by molar-refractivity contribution is 0.174. The topological polar surface area (TPSA) is 66.5 Å². The smallest absolute Gasteiger partial charge is 0.321 e. The van der Waals surface area contributed by atoms with Gasteiger partial charge in [-0.1, -0.05) is 43.3 Å². The summed E-state index contributed by atoms with van der Waals surface area (Å²) in [7, 11) is -3.20. The molecule has 1 saturated heterocycles. The van der Waals surface area contributed by atoms with E-state index >= 15 is 0 Å². The molecule has 0 unspecified atom stereocenters. The molecule has 0 atom stereocenters. The molecule has 2 aromatic carbocycles. The molecule has 0 radical (unpaired) electrons. The molecule has 2 amide bonds. The zero-order chi connectivity index (χ0) is 19.1. The van der Waals surface area contributed by atoms with Crippen molar-refractivity contribution in [1.29, 1.82) is 0 Å². The lowest BCUT2D eigenvalue weighted by atomic mass is 9.74. The van der Waals surface area contributed by atoms with E-state index in [1.807, 2.05) is 11.0 Å². The molecule has 2 aromatic rings. The van der Waals surface area contributed by atoms with Crippen molar-refractivity contribution in [1.82, 2.24) is 4.90 Å². The van der Waals surface area contributed by atoms with Crippen molar-refractivity contribution in [3.8, 4) is 0 Å². The molecule has 27 heavy (non-hydrogen) atoms. The second-order valence-corrected chi connectivity index (χ2v) is 9.81. The normalized spacial score (nSPS) is 20.1. The largest absolute Gasteiger partial charge is 0.324 e. The van der Waals surface area contributed by atoms with Crippen LogP contribution in [0.5, 0.6) is 0 Å². The highest BCUT2D eigenvalue weighted by molar-refractivity contribution is 7.91. The number of amides is 2. The van der Waals surface area contributed by atoms with Crippen molar-refractivity contribution in [2.24, 2.45) is 0 Å². The molecule has 1 N–H and O–H groups in total. The minimum absolute atomic E-state index is 0.0830. The molecular formula is C21H24N2O3S. The minimum Gasteiger partial charge on any atom is -0.324 e. The van der Waals surface area contributed by atoms with E-state index < -0.39 is 9.84 Å².